The molecule has 1 aliphatic rings. The van der Waals surface area contributed by atoms with Crippen molar-refractivity contribution in [1.82, 2.24) is 10.2 Å². The smallest absolute Gasteiger partial charge is 0.269 e. The van der Waals surface area contributed by atoms with Gasteiger partial charge in [-0.15, -0.1) is 0 Å². The van der Waals surface area contributed by atoms with E-state index >= 15 is 0 Å². The van der Waals surface area contributed by atoms with Crippen LogP contribution in [0, 0.1) is 22.0 Å². The number of benzene rings is 1. The molecular formula is C17H25N3O3. The van der Waals surface area contributed by atoms with Gasteiger partial charge in [0.15, 0.2) is 0 Å². The molecule has 0 bridgehead atoms. The summed E-state index contributed by atoms with van der Waals surface area (Å²) in [7, 11) is 0. The van der Waals surface area contributed by atoms with E-state index < -0.39 is 4.92 Å². The van der Waals surface area contributed by atoms with Crippen LogP contribution in [-0.2, 0) is 0 Å². The predicted molar refractivity (Wildman–Crippen MR) is 89.4 cm³/mol. The van der Waals surface area contributed by atoms with E-state index in [9.17, 15) is 14.9 Å². The Kier molecular flexibility index (Phi) is 5.36. The van der Waals surface area contributed by atoms with Crippen LogP contribution in [0.5, 0.6) is 0 Å². The summed E-state index contributed by atoms with van der Waals surface area (Å²) >= 11 is 0. The molecule has 0 aromatic heterocycles. The second-order valence-electron chi connectivity index (χ2n) is 6.83. The fourth-order valence-corrected chi connectivity index (χ4v) is 2.96. The van der Waals surface area contributed by atoms with Crippen LogP contribution in [0.3, 0.4) is 0 Å². The number of piperazine rings is 1. The maximum absolute atomic E-state index is 12.9. The highest BCUT2D eigenvalue weighted by Crippen LogP contribution is 2.22. The molecule has 6 heteroatoms. The first kappa shape index (κ1) is 17.4. The second kappa shape index (κ2) is 7.08. The number of rotatable bonds is 4. The molecule has 0 spiro atoms. The van der Waals surface area contributed by atoms with Gasteiger partial charge in [-0.1, -0.05) is 27.7 Å². The van der Waals surface area contributed by atoms with E-state index in [2.05, 4.69) is 33.0 Å². The fourth-order valence-electron chi connectivity index (χ4n) is 2.96. The number of amides is 1. The van der Waals surface area contributed by atoms with Crippen molar-refractivity contribution >= 4 is 11.6 Å². The van der Waals surface area contributed by atoms with Gasteiger partial charge < -0.3 is 10.2 Å². The van der Waals surface area contributed by atoms with Gasteiger partial charge in [-0.2, -0.15) is 0 Å². The van der Waals surface area contributed by atoms with Gasteiger partial charge in [0, 0.05) is 42.9 Å². The lowest BCUT2D eigenvalue weighted by molar-refractivity contribution is -0.384. The Balaban J connectivity index is 2.23. The molecule has 0 saturated carbocycles. The molecule has 6 nitrogen and oxygen atoms in total. The monoisotopic (exact) mass is 319 g/mol. The first-order chi connectivity index (χ1) is 10.8. The molecule has 1 N–H and O–H groups in total. The average Bonchev–Trinajstić information content (AvgIpc) is 2.53. The molecular weight excluding hydrogens is 294 g/mol. The van der Waals surface area contributed by atoms with Crippen molar-refractivity contribution in [3.8, 4) is 0 Å². The molecule has 1 fully saturated rings. The Morgan fingerprint density at radius 1 is 1.22 bits per heavy atom. The number of carbonyl (C=O) groups excluding carboxylic acids is 1. The van der Waals surface area contributed by atoms with Crippen molar-refractivity contribution in [3.63, 3.8) is 0 Å². The summed E-state index contributed by atoms with van der Waals surface area (Å²) in [4.78, 5) is 25.1. The molecule has 0 aliphatic carbocycles. The maximum atomic E-state index is 12.9. The van der Waals surface area contributed by atoms with E-state index in [1.54, 1.807) is 12.1 Å². The van der Waals surface area contributed by atoms with Gasteiger partial charge in [0.2, 0.25) is 0 Å². The number of carbonyl (C=O) groups is 1. The molecule has 1 aromatic rings. The molecule has 2 rings (SSSR count). The normalized spacial score (nSPS) is 21.7. The molecule has 2 atom stereocenters. The summed E-state index contributed by atoms with van der Waals surface area (Å²) in [6.07, 6.45) is 0. The summed E-state index contributed by atoms with van der Waals surface area (Å²) < 4.78 is 0. The zero-order valence-corrected chi connectivity index (χ0v) is 14.2. The average molecular weight is 319 g/mol. The van der Waals surface area contributed by atoms with Crippen molar-refractivity contribution in [2.45, 2.75) is 39.8 Å². The molecule has 1 heterocycles. The van der Waals surface area contributed by atoms with Gasteiger partial charge in [-0.3, -0.25) is 14.9 Å². The standard InChI is InChI=1S/C17H25N3O3/c1-11(2)15-10-19(16(9-18-15)12(3)4)17(21)13-5-7-14(8-6-13)20(22)23/h5-8,11-12,15-16,18H,9-10H2,1-4H3/t15-,16-/m1/s1. The summed E-state index contributed by atoms with van der Waals surface area (Å²) in [5.41, 5.74) is 0.507. The quantitative estimate of drug-likeness (QED) is 0.684. The molecule has 1 aromatic carbocycles. The van der Waals surface area contributed by atoms with Crippen molar-refractivity contribution < 1.29 is 9.72 Å². The highest BCUT2D eigenvalue weighted by molar-refractivity contribution is 5.94. The number of nitro benzene ring substituents is 1. The number of hydrogen-bond acceptors (Lipinski definition) is 4. The maximum Gasteiger partial charge on any atom is 0.269 e. The summed E-state index contributed by atoms with van der Waals surface area (Å²) in [6.45, 7) is 9.94. The van der Waals surface area contributed by atoms with Crippen LogP contribution in [0.2, 0.25) is 0 Å². The number of nitrogens with one attached hydrogen (secondary N) is 1. The SMILES string of the molecule is CC(C)[C@H]1CN[C@@H](C(C)C)CN1C(=O)c1ccc([N+](=O)[O-])cc1. The lowest BCUT2D eigenvalue weighted by Gasteiger charge is -2.43. The van der Waals surface area contributed by atoms with E-state index in [4.69, 9.17) is 0 Å². The van der Waals surface area contributed by atoms with Crippen molar-refractivity contribution in [1.29, 1.82) is 0 Å². The number of non-ortho nitro benzene ring substituents is 1. The minimum Gasteiger partial charge on any atom is -0.333 e. The molecule has 1 amide bonds. The van der Waals surface area contributed by atoms with E-state index in [1.165, 1.54) is 12.1 Å². The Labute approximate surface area is 137 Å². The lowest BCUT2D eigenvalue weighted by atomic mass is 9.93. The number of nitrogens with zero attached hydrogens (tertiary/aromatic N) is 2. The lowest BCUT2D eigenvalue weighted by Crippen LogP contribution is -2.61. The van der Waals surface area contributed by atoms with E-state index in [-0.39, 0.29) is 23.7 Å². The molecule has 23 heavy (non-hydrogen) atoms. The third kappa shape index (κ3) is 3.88. The van der Waals surface area contributed by atoms with Crippen LogP contribution in [0.1, 0.15) is 38.1 Å². The van der Waals surface area contributed by atoms with Crippen molar-refractivity contribution in [2.75, 3.05) is 13.1 Å². The van der Waals surface area contributed by atoms with Gasteiger partial charge in [0.1, 0.15) is 0 Å². The van der Waals surface area contributed by atoms with Crippen LogP contribution in [0.25, 0.3) is 0 Å². The fraction of sp³-hybridized carbons (Fsp3) is 0.588. The van der Waals surface area contributed by atoms with Gasteiger partial charge in [0.05, 0.1) is 4.92 Å². The Hall–Kier alpha value is -1.95. The van der Waals surface area contributed by atoms with Gasteiger partial charge in [0.25, 0.3) is 11.6 Å². The molecule has 1 aliphatic heterocycles. The topological polar surface area (TPSA) is 75.5 Å². The summed E-state index contributed by atoms with van der Waals surface area (Å²) in [5.74, 6) is 0.735. The molecule has 0 radical (unpaired) electrons. The third-order valence-corrected chi connectivity index (χ3v) is 4.54. The van der Waals surface area contributed by atoms with Gasteiger partial charge >= 0.3 is 0 Å². The van der Waals surface area contributed by atoms with Crippen LogP contribution >= 0.6 is 0 Å². The number of nitro groups is 1. The van der Waals surface area contributed by atoms with Crippen LogP contribution in [-0.4, -0.2) is 40.9 Å². The third-order valence-electron chi connectivity index (χ3n) is 4.54. The number of hydrogen-bond donors (Lipinski definition) is 1. The summed E-state index contributed by atoms with van der Waals surface area (Å²) in [5, 5.41) is 14.3. The van der Waals surface area contributed by atoms with E-state index in [0.717, 1.165) is 6.54 Å². The Morgan fingerprint density at radius 3 is 2.30 bits per heavy atom. The van der Waals surface area contributed by atoms with Gasteiger partial charge in [-0.05, 0) is 24.0 Å². The zero-order chi connectivity index (χ0) is 17.1. The molecule has 126 valence electrons. The first-order valence-corrected chi connectivity index (χ1v) is 8.10. The largest absolute Gasteiger partial charge is 0.333 e. The van der Waals surface area contributed by atoms with Crippen LogP contribution in [0.15, 0.2) is 24.3 Å². The zero-order valence-electron chi connectivity index (χ0n) is 14.2. The highest BCUT2D eigenvalue weighted by atomic mass is 16.6. The highest BCUT2D eigenvalue weighted by Gasteiger charge is 2.34. The van der Waals surface area contributed by atoms with Gasteiger partial charge in [-0.25, -0.2) is 0 Å². The van der Waals surface area contributed by atoms with Crippen LogP contribution < -0.4 is 5.32 Å². The minimum atomic E-state index is -0.454. The summed E-state index contributed by atoms with van der Waals surface area (Å²) in [6, 6.07) is 6.27. The van der Waals surface area contributed by atoms with E-state index in [0.29, 0.717) is 23.9 Å². The predicted octanol–water partition coefficient (Wildman–Crippen LogP) is 2.69. The second-order valence-corrected chi connectivity index (χ2v) is 6.83. The molecule has 0 unspecified atom stereocenters. The first-order valence-electron chi connectivity index (χ1n) is 8.10. The Bertz CT molecular complexity index is 569. The van der Waals surface area contributed by atoms with Crippen LogP contribution in [0.4, 0.5) is 5.69 Å². The van der Waals surface area contributed by atoms with Crippen molar-refractivity contribution in [2.24, 2.45) is 11.8 Å². The van der Waals surface area contributed by atoms with Crippen molar-refractivity contribution in [3.05, 3.63) is 39.9 Å². The minimum absolute atomic E-state index is 0.00215. The molecule has 1 saturated heterocycles. The van der Waals surface area contributed by atoms with E-state index in [1.807, 2.05) is 4.90 Å². The Morgan fingerprint density at radius 2 is 1.83 bits per heavy atom.